The number of benzene rings is 2. The average molecular weight is 417 g/mol. The molecule has 2 heterocycles. The summed E-state index contributed by atoms with van der Waals surface area (Å²) in [7, 11) is 0. The van der Waals surface area contributed by atoms with Crippen LogP contribution in [0.1, 0.15) is 35.4 Å². The molecule has 2 N–H and O–H groups in total. The van der Waals surface area contributed by atoms with Gasteiger partial charge in [0.05, 0.1) is 11.3 Å². The molecule has 0 saturated carbocycles. The fraction of sp³-hybridized carbons (Fsp3) is 0.364. The van der Waals surface area contributed by atoms with Gasteiger partial charge in [-0.1, -0.05) is 12.1 Å². The van der Waals surface area contributed by atoms with Gasteiger partial charge < -0.3 is 15.4 Å². The van der Waals surface area contributed by atoms with Gasteiger partial charge in [0, 0.05) is 36.8 Å². The fourth-order valence-electron chi connectivity index (χ4n) is 3.88. The van der Waals surface area contributed by atoms with Crippen molar-refractivity contribution in [2.75, 3.05) is 23.8 Å². The molecule has 1 saturated heterocycles. The van der Waals surface area contributed by atoms with E-state index in [0.717, 1.165) is 17.2 Å². The summed E-state index contributed by atoms with van der Waals surface area (Å²) in [5.41, 5.74) is 1.86. The predicted molar refractivity (Wildman–Crippen MR) is 110 cm³/mol. The molecule has 30 heavy (non-hydrogen) atoms. The number of aryl methyl sites for hydroxylation is 1. The summed E-state index contributed by atoms with van der Waals surface area (Å²) in [5.74, 6) is -0.868. The Balaban J connectivity index is 1.60. The molecule has 0 spiro atoms. The third kappa shape index (κ3) is 4.18. The van der Waals surface area contributed by atoms with E-state index in [2.05, 4.69) is 15.6 Å². The monoisotopic (exact) mass is 417 g/mol. The summed E-state index contributed by atoms with van der Waals surface area (Å²) in [6.45, 7) is 2.95. The Labute approximate surface area is 172 Å². The molecule has 8 heteroatoms. The minimum atomic E-state index is -4.52. The van der Waals surface area contributed by atoms with Gasteiger partial charge in [0.1, 0.15) is 5.92 Å². The highest BCUT2D eigenvalue weighted by atomic mass is 19.4. The number of fused-ring (bicyclic) bond motifs is 1. The first kappa shape index (κ1) is 20.4. The molecule has 2 aromatic rings. The van der Waals surface area contributed by atoms with Crippen LogP contribution < -0.4 is 10.6 Å². The summed E-state index contributed by atoms with van der Waals surface area (Å²) in [6.07, 6.45) is -1.79. The molecular formula is C22H22F3N3O2. The van der Waals surface area contributed by atoms with Crippen LogP contribution in [0.4, 0.5) is 30.2 Å². The first-order chi connectivity index (χ1) is 14.3. The maximum absolute atomic E-state index is 13.7. The second-order valence-electron chi connectivity index (χ2n) is 7.54. The minimum Gasteiger partial charge on any atom is -0.382 e. The minimum absolute atomic E-state index is 0.0353. The molecule has 1 amide bonds. The van der Waals surface area contributed by atoms with Gasteiger partial charge in [-0.3, -0.25) is 9.79 Å². The standard InChI is InChI=1S/C22H22F3N3O2/c1-13-3-2-4-19-20(13)16(21(29)28-19)12-26-15-5-6-18(17(11-15)22(23,24)25)27-14-7-9-30-10-8-14/h2-6,11-12,14,16,27H,7-10H2,1H3,(H,28,29). The molecule has 2 aliphatic heterocycles. The molecule has 4 rings (SSSR count). The largest absolute Gasteiger partial charge is 0.418 e. The molecule has 1 fully saturated rings. The van der Waals surface area contributed by atoms with Gasteiger partial charge in [-0.25, -0.2) is 0 Å². The molecule has 0 radical (unpaired) electrons. The van der Waals surface area contributed by atoms with Crippen molar-refractivity contribution in [3.63, 3.8) is 0 Å². The number of ether oxygens (including phenoxy) is 1. The van der Waals surface area contributed by atoms with Crippen molar-refractivity contribution in [2.24, 2.45) is 4.99 Å². The molecule has 2 aromatic carbocycles. The van der Waals surface area contributed by atoms with Crippen molar-refractivity contribution in [1.82, 2.24) is 0 Å². The molecule has 1 atom stereocenters. The number of carbonyl (C=O) groups excluding carboxylic acids is 1. The third-order valence-electron chi connectivity index (χ3n) is 5.44. The molecular weight excluding hydrogens is 395 g/mol. The van der Waals surface area contributed by atoms with Crippen LogP contribution in [-0.2, 0) is 15.7 Å². The van der Waals surface area contributed by atoms with Gasteiger partial charge in [0.15, 0.2) is 0 Å². The second kappa shape index (κ2) is 8.10. The Morgan fingerprint density at radius 2 is 1.97 bits per heavy atom. The van der Waals surface area contributed by atoms with Gasteiger partial charge >= 0.3 is 6.18 Å². The van der Waals surface area contributed by atoms with Crippen molar-refractivity contribution >= 4 is 29.2 Å². The average Bonchev–Trinajstić information content (AvgIpc) is 3.03. The van der Waals surface area contributed by atoms with Gasteiger partial charge in [0.25, 0.3) is 0 Å². The molecule has 5 nitrogen and oxygen atoms in total. The summed E-state index contributed by atoms with van der Waals surface area (Å²) in [5, 5.41) is 5.78. The Bertz CT molecular complexity index is 982. The first-order valence-electron chi connectivity index (χ1n) is 9.83. The van der Waals surface area contributed by atoms with E-state index in [-0.39, 0.29) is 23.3 Å². The summed E-state index contributed by atoms with van der Waals surface area (Å²) in [4.78, 5) is 16.5. The lowest BCUT2D eigenvalue weighted by molar-refractivity contribution is -0.137. The van der Waals surface area contributed by atoms with Gasteiger partial charge in [-0.15, -0.1) is 0 Å². The number of hydrogen-bond acceptors (Lipinski definition) is 4. The number of halogens is 3. The highest BCUT2D eigenvalue weighted by Crippen LogP contribution is 2.39. The number of rotatable bonds is 4. The molecule has 1 unspecified atom stereocenters. The van der Waals surface area contributed by atoms with Gasteiger partial charge in [0.2, 0.25) is 5.91 Å². The van der Waals surface area contributed by atoms with Crippen LogP contribution in [0.2, 0.25) is 0 Å². The number of nitrogens with one attached hydrogen (secondary N) is 2. The maximum atomic E-state index is 13.7. The normalized spacial score (nSPS) is 19.7. The predicted octanol–water partition coefficient (Wildman–Crippen LogP) is 5.04. The number of anilines is 2. The fourth-order valence-corrected chi connectivity index (χ4v) is 3.88. The lowest BCUT2D eigenvalue weighted by Crippen LogP contribution is -2.28. The number of hydrogen-bond donors (Lipinski definition) is 2. The van der Waals surface area contributed by atoms with Crippen molar-refractivity contribution in [3.8, 4) is 0 Å². The van der Waals surface area contributed by atoms with E-state index in [4.69, 9.17) is 4.74 Å². The highest BCUT2D eigenvalue weighted by molar-refractivity contribution is 6.13. The molecule has 158 valence electrons. The van der Waals surface area contributed by atoms with Crippen LogP contribution in [-0.4, -0.2) is 31.4 Å². The number of amides is 1. The first-order valence-corrected chi connectivity index (χ1v) is 9.83. The Morgan fingerprint density at radius 3 is 2.70 bits per heavy atom. The van der Waals surface area contributed by atoms with Crippen LogP contribution in [0, 0.1) is 6.92 Å². The van der Waals surface area contributed by atoms with Gasteiger partial charge in [-0.2, -0.15) is 13.2 Å². The van der Waals surface area contributed by atoms with Crippen LogP contribution in [0.15, 0.2) is 41.4 Å². The van der Waals surface area contributed by atoms with Crippen molar-refractivity contribution in [1.29, 1.82) is 0 Å². The van der Waals surface area contributed by atoms with Crippen LogP contribution in [0.5, 0.6) is 0 Å². The van der Waals surface area contributed by atoms with Gasteiger partial charge in [-0.05, 0) is 55.2 Å². The number of carbonyl (C=O) groups is 1. The molecule has 0 bridgehead atoms. The lowest BCUT2D eigenvalue weighted by atomic mass is 9.97. The van der Waals surface area contributed by atoms with E-state index in [0.29, 0.717) is 31.7 Å². The third-order valence-corrected chi connectivity index (χ3v) is 5.44. The van der Waals surface area contributed by atoms with Crippen LogP contribution in [0.3, 0.4) is 0 Å². The van der Waals surface area contributed by atoms with E-state index < -0.39 is 17.7 Å². The second-order valence-corrected chi connectivity index (χ2v) is 7.54. The summed E-state index contributed by atoms with van der Waals surface area (Å²) >= 11 is 0. The molecule has 2 aliphatic rings. The zero-order chi connectivity index (χ0) is 21.3. The highest BCUT2D eigenvalue weighted by Gasteiger charge is 2.35. The van der Waals surface area contributed by atoms with Crippen LogP contribution in [0.25, 0.3) is 0 Å². The zero-order valence-corrected chi connectivity index (χ0v) is 16.4. The number of alkyl halides is 3. The molecule has 0 aliphatic carbocycles. The lowest BCUT2D eigenvalue weighted by Gasteiger charge is -2.26. The van der Waals surface area contributed by atoms with E-state index >= 15 is 0 Å². The van der Waals surface area contributed by atoms with E-state index in [1.54, 1.807) is 6.07 Å². The van der Waals surface area contributed by atoms with Crippen molar-refractivity contribution in [2.45, 2.75) is 37.9 Å². The quantitative estimate of drug-likeness (QED) is 0.685. The number of aliphatic imine (C=N–C) groups is 1. The topological polar surface area (TPSA) is 62.7 Å². The van der Waals surface area contributed by atoms with E-state index in [9.17, 15) is 18.0 Å². The smallest absolute Gasteiger partial charge is 0.382 e. The Hall–Kier alpha value is -2.87. The summed E-state index contributed by atoms with van der Waals surface area (Å²) in [6, 6.07) is 9.41. The van der Waals surface area contributed by atoms with E-state index in [1.807, 2.05) is 19.1 Å². The Morgan fingerprint density at radius 1 is 1.20 bits per heavy atom. The van der Waals surface area contributed by atoms with Crippen molar-refractivity contribution in [3.05, 3.63) is 53.1 Å². The summed E-state index contributed by atoms with van der Waals surface area (Å²) < 4.78 is 46.2. The van der Waals surface area contributed by atoms with Crippen molar-refractivity contribution < 1.29 is 22.7 Å². The van der Waals surface area contributed by atoms with E-state index in [1.165, 1.54) is 18.3 Å². The molecule has 0 aromatic heterocycles. The zero-order valence-electron chi connectivity index (χ0n) is 16.4. The maximum Gasteiger partial charge on any atom is 0.418 e. The SMILES string of the molecule is Cc1cccc2c1C(C=Nc1ccc(NC3CCOCC3)c(C(F)(F)F)c1)C(=O)N2. The Kier molecular flexibility index (Phi) is 5.51. The van der Waals surface area contributed by atoms with Crippen LogP contribution >= 0.6 is 0 Å². The number of nitrogens with zero attached hydrogens (tertiary/aromatic N) is 1.